The molecule has 0 aromatic heterocycles. The minimum absolute atomic E-state index is 0.134. The molecule has 1 fully saturated rings. The molecule has 1 radical (unpaired) electrons. The Hall–Kier alpha value is -0.980. The summed E-state index contributed by atoms with van der Waals surface area (Å²) >= 11 is 0. The van der Waals surface area contributed by atoms with Crippen LogP contribution >= 0.6 is 0 Å². The Bertz CT molecular complexity index is 360. The first-order chi connectivity index (χ1) is 9.79. The lowest BCUT2D eigenvalue weighted by atomic mass is 9.77. The van der Waals surface area contributed by atoms with Gasteiger partial charge in [-0.15, -0.1) is 0 Å². The van der Waals surface area contributed by atoms with Crippen LogP contribution in [0.25, 0.3) is 0 Å². The molecule has 0 bridgehead atoms. The van der Waals surface area contributed by atoms with E-state index in [-0.39, 0.29) is 5.75 Å². The predicted octanol–water partition coefficient (Wildman–Crippen LogP) is 6.46. The second-order valence-corrected chi connectivity index (χ2v) is 6.49. The number of benzene rings is 1. The van der Waals surface area contributed by atoms with E-state index < -0.39 is 0 Å². The number of hydrogen-bond donors (Lipinski definition) is 0. The third kappa shape index (κ3) is 4.85. The highest BCUT2D eigenvalue weighted by Crippen LogP contribution is 2.38. The third-order valence-corrected chi connectivity index (χ3v) is 4.91. The summed E-state index contributed by atoms with van der Waals surface area (Å²) in [5.74, 6) is 1.80. The van der Waals surface area contributed by atoms with E-state index in [2.05, 4.69) is 6.92 Å². The maximum atomic E-state index is 11.1. The average Bonchev–Trinajstić information content (AvgIpc) is 2.49. The SMILES string of the molecule is CCCCCCC[C@H]1CC[C@H](c2ccc([O])cc2)CC1. The molecule has 0 spiro atoms. The molecule has 1 aromatic carbocycles. The van der Waals surface area contributed by atoms with Gasteiger partial charge >= 0.3 is 0 Å². The Kier molecular flexibility index (Phi) is 6.42. The number of unbranched alkanes of at least 4 members (excludes halogenated alkanes) is 4. The zero-order valence-corrected chi connectivity index (χ0v) is 12.9. The molecule has 0 heterocycles. The van der Waals surface area contributed by atoms with Crippen LogP contribution in [0, 0.1) is 5.92 Å². The van der Waals surface area contributed by atoms with Crippen LogP contribution in [0.5, 0.6) is 5.75 Å². The smallest absolute Gasteiger partial charge is 0.178 e. The fourth-order valence-corrected chi connectivity index (χ4v) is 3.56. The van der Waals surface area contributed by atoms with Gasteiger partial charge in [0.05, 0.1) is 0 Å². The molecular weight excluding hydrogens is 244 g/mol. The monoisotopic (exact) mass is 273 g/mol. The van der Waals surface area contributed by atoms with Crippen molar-refractivity contribution in [1.82, 2.24) is 0 Å². The Morgan fingerprint density at radius 1 is 0.900 bits per heavy atom. The van der Waals surface area contributed by atoms with Gasteiger partial charge in [-0.2, -0.15) is 0 Å². The van der Waals surface area contributed by atoms with Crippen molar-refractivity contribution in [3.05, 3.63) is 29.8 Å². The number of rotatable bonds is 7. The van der Waals surface area contributed by atoms with Gasteiger partial charge < -0.3 is 0 Å². The molecule has 1 aliphatic rings. The maximum Gasteiger partial charge on any atom is 0.178 e. The highest BCUT2D eigenvalue weighted by atomic mass is 16.3. The Morgan fingerprint density at radius 2 is 1.55 bits per heavy atom. The fraction of sp³-hybridized carbons (Fsp3) is 0.684. The van der Waals surface area contributed by atoms with Crippen molar-refractivity contribution < 1.29 is 5.11 Å². The van der Waals surface area contributed by atoms with Gasteiger partial charge in [0.15, 0.2) is 5.75 Å². The van der Waals surface area contributed by atoms with E-state index in [9.17, 15) is 5.11 Å². The maximum absolute atomic E-state index is 11.1. The second-order valence-electron chi connectivity index (χ2n) is 6.49. The van der Waals surface area contributed by atoms with E-state index >= 15 is 0 Å². The minimum atomic E-state index is 0.134. The molecule has 1 heteroatoms. The second kappa shape index (κ2) is 8.34. The Labute approximate surface area is 124 Å². The van der Waals surface area contributed by atoms with Gasteiger partial charge in [-0.05, 0) is 55.2 Å². The van der Waals surface area contributed by atoms with E-state index in [0.717, 1.165) is 5.92 Å². The largest absolute Gasteiger partial charge is 0.290 e. The van der Waals surface area contributed by atoms with Crippen LogP contribution in [0.1, 0.15) is 82.6 Å². The number of hydrogen-bond acceptors (Lipinski definition) is 0. The molecule has 111 valence electrons. The molecule has 1 aromatic rings. The van der Waals surface area contributed by atoms with Gasteiger partial charge in [0.1, 0.15) is 0 Å². The van der Waals surface area contributed by atoms with E-state index in [1.54, 1.807) is 12.1 Å². The molecule has 1 nitrogen and oxygen atoms in total. The van der Waals surface area contributed by atoms with E-state index in [1.807, 2.05) is 12.1 Å². The van der Waals surface area contributed by atoms with Crippen LogP contribution in [-0.4, -0.2) is 0 Å². The van der Waals surface area contributed by atoms with Crippen molar-refractivity contribution in [2.24, 2.45) is 5.92 Å². The molecule has 0 saturated heterocycles. The van der Waals surface area contributed by atoms with Crippen molar-refractivity contribution >= 4 is 0 Å². The Balaban J connectivity index is 1.66. The highest BCUT2D eigenvalue weighted by molar-refractivity contribution is 5.28. The predicted molar refractivity (Wildman–Crippen MR) is 84.6 cm³/mol. The van der Waals surface area contributed by atoms with Crippen molar-refractivity contribution in [3.63, 3.8) is 0 Å². The molecule has 1 saturated carbocycles. The summed E-state index contributed by atoms with van der Waals surface area (Å²) in [7, 11) is 0. The molecule has 0 N–H and O–H groups in total. The topological polar surface area (TPSA) is 19.9 Å². The van der Waals surface area contributed by atoms with Gasteiger partial charge in [-0.1, -0.05) is 57.6 Å². The molecule has 0 atom stereocenters. The zero-order chi connectivity index (χ0) is 14.2. The highest BCUT2D eigenvalue weighted by Gasteiger charge is 2.21. The summed E-state index contributed by atoms with van der Waals surface area (Å²) in [6, 6.07) is 7.51. The molecule has 20 heavy (non-hydrogen) atoms. The van der Waals surface area contributed by atoms with Crippen molar-refractivity contribution in [2.45, 2.75) is 77.0 Å². The third-order valence-electron chi connectivity index (χ3n) is 4.91. The summed E-state index contributed by atoms with van der Waals surface area (Å²) < 4.78 is 0. The van der Waals surface area contributed by atoms with Crippen LogP contribution in [0.2, 0.25) is 0 Å². The van der Waals surface area contributed by atoms with Gasteiger partial charge in [0, 0.05) is 0 Å². The molecular formula is C19H29O. The molecule has 2 rings (SSSR count). The van der Waals surface area contributed by atoms with E-state index in [1.165, 1.54) is 69.8 Å². The van der Waals surface area contributed by atoms with Crippen molar-refractivity contribution in [1.29, 1.82) is 0 Å². The van der Waals surface area contributed by atoms with E-state index in [4.69, 9.17) is 0 Å². The summed E-state index contributed by atoms with van der Waals surface area (Å²) in [6.07, 6.45) is 13.9. The van der Waals surface area contributed by atoms with Crippen molar-refractivity contribution in [3.8, 4) is 5.75 Å². The molecule has 0 unspecified atom stereocenters. The lowest BCUT2D eigenvalue weighted by molar-refractivity contribution is 0.301. The summed E-state index contributed by atoms with van der Waals surface area (Å²) in [4.78, 5) is 0. The van der Waals surface area contributed by atoms with Crippen LogP contribution < -0.4 is 0 Å². The average molecular weight is 273 g/mol. The lowest BCUT2D eigenvalue weighted by Gasteiger charge is -2.28. The molecule has 0 aliphatic heterocycles. The summed E-state index contributed by atoms with van der Waals surface area (Å²) in [5, 5.41) is 11.1. The standard InChI is InChI=1S/C19H29O/c1-2-3-4-5-6-7-16-8-10-17(11-9-16)18-12-14-19(20)15-13-18/h12-17H,2-11H2,1H3/t16-,17-. The summed E-state index contributed by atoms with van der Waals surface area (Å²) in [5.41, 5.74) is 1.38. The molecule has 0 amide bonds. The first-order valence-electron chi connectivity index (χ1n) is 8.56. The first kappa shape index (κ1) is 15.4. The van der Waals surface area contributed by atoms with Gasteiger partial charge in [0.25, 0.3) is 0 Å². The van der Waals surface area contributed by atoms with E-state index in [0.29, 0.717) is 5.92 Å². The zero-order valence-electron chi connectivity index (χ0n) is 12.9. The lowest BCUT2D eigenvalue weighted by Crippen LogP contribution is -2.13. The van der Waals surface area contributed by atoms with Crippen LogP contribution in [0.3, 0.4) is 0 Å². The minimum Gasteiger partial charge on any atom is -0.290 e. The first-order valence-corrected chi connectivity index (χ1v) is 8.56. The Morgan fingerprint density at radius 3 is 2.20 bits per heavy atom. The van der Waals surface area contributed by atoms with Crippen LogP contribution in [-0.2, 0) is 5.11 Å². The van der Waals surface area contributed by atoms with Crippen molar-refractivity contribution in [2.75, 3.05) is 0 Å². The molecule has 1 aliphatic carbocycles. The fourth-order valence-electron chi connectivity index (χ4n) is 3.56. The van der Waals surface area contributed by atoms with Gasteiger partial charge in [-0.25, -0.2) is 0 Å². The van der Waals surface area contributed by atoms with Gasteiger partial charge in [0.2, 0.25) is 0 Å². The van der Waals surface area contributed by atoms with Crippen LogP contribution in [0.15, 0.2) is 24.3 Å². The van der Waals surface area contributed by atoms with Gasteiger partial charge in [-0.3, -0.25) is 5.11 Å². The summed E-state index contributed by atoms with van der Waals surface area (Å²) in [6.45, 7) is 2.28. The van der Waals surface area contributed by atoms with Crippen LogP contribution in [0.4, 0.5) is 0 Å². The quantitative estimate of drug-likeness (QED) is 0.508. The normalized spacial score (nSPS) is 22.9.